The number of carbonyl (C=O) groups is 2. The summed E-state index contributed by atoms with van der Waals surface area (Å²) >= 11 is 5.42. The number of alkyl halides is 1. The number of halogens is 1. The lowest BCUT2D eigenvalue weighted by molar-refractivity contribution is -0.124. The van der Waals surface area contributed by atoms with Gasteiger partial charge in [0.1, 0.15) is 5.88 Å². The Morgan fingerprint density at radius 3 is 2.86 bits per heavy atom. The minimum absolute atomic E-state index is 0.167. The standard InChI is InChI=1S/C10H8ClNO2/c11-6-10(14)12-8-4-2-1-3-7(8)5-9(12)13/h1-4H,5-6H2. The fourth-order valence-electron chi connectivity index (χ4n) is 1.59. The van der Waals surface area contributed by atoms with Crippen molar-refractivity contribution in [2.75, 3.05) is 10.8 Å². The number of benzene rings is 1. The molecule has 0 unspecified atom stereocenters. The van der Waals surface area contributed by atoms with Crippen molar-refractivity contribution in [2.24, 2.45) is 0 Å². The number of amides is 2. The van der Waals surface area contributed by atoms with Crippen LogP contribution in [0.5, 0.6) is 0 Å². The molecule has 2 rings (SSSR count). The second-order valence-corrected chi connectivity index (χ2v) is 3.33. The molecule has 0 fully saturated rings. The van der Waals surface area contributed by atoms with Crippen molar-refractivity contribution in [1.82, 2.24) is 0 Å². The zero-order chi connectivity index (χ0) is 10.1. The van der Waals surface area contributed by atoms with E-state index in [2.05, 4.69) is 0 Å². The molecule has 0 atom stereocenters. The van der Waals surface area contributed by atoms with Crippen LogP contribution in [0.4, 0.5) is 5.69 Å². The van der Waals surface area contributed by atoms with Crippen molar-refractivity contribution in [1.29, 1.82) is 0 Å². The molecule has 0 spiro atoms. The van der Waals surface area contributed by atoms with E-state index >= 15 is 0 Å². The highest BCUT2D eigenvalue weighted by molar-refractivity contribution is 6.33. The lowest BCUT2D eigenvalue weighted by atomic mass is 10.2. The molecule has 0 N–H and O–H groups in total. The molecule has 2 amide bonds. The molecule has 4 heteroatoms. The first-order valence-corrected chi connectivity index (χ1v) is 4.77. The number of imide groups is 1. The van der Waals surface area contributed by atoms with Gasteiger partial charge < -0.3 is 0 Å². The number of hydrogen-bond donors (Lipinski definition) is 0. The number of para-hydroxylation sites is 1. The van der Waals surface area contributed by atoms with E-state index in [9.17, 15) is 9.59 Å². The monoisotopic (exact) mass is 209 g/mol. The summed E-state index contributed by atoms with van der Waals surface area (Å²) in [4.78, 5) is 24.0. The van der Waals surface area contributed by atoms with Crippen LogP contribution in [-0.4, -0.2) is 17.7 Å². The number of carbonyl (C=O) groups excluding carboxylic acids is 2. The summed E-state index contributed by atoms with van der Waals surface area (Å²) in [7, 11) is 0. The van der Waals surface area contributed by atoms with Crippen LogP contribution < -0.4 is 4.90 Å². The highest BCUT2D eigenvalue weighted by atomic mass is 35.5. The molecular weight excluding hydrogens is 202 g/mol. The van der Waals surface area contributed by atoms with E-state index in [0.717, 1.165) is 10.5 Å². The zero-order valence-corrected chi connectivity index (χ0v) is 8.12. The van der Waals surface area contributed by atoms with Crippen molar-refractivity contribution in [2.45, 2.75) is 6.42 Å². The Morgan fingerprint density at radius 1 is 1.43 bits per heavy atom. The quantitative estimate of drug-likeness (QED) is 0.655. The van der Waals surface area contributed by atoms with E-state index in [1.807, 2.05) is 12.1 Å². The van der Waals surface area contributed by atoms with Crippen LogP contribution >= 0.6 is 11.6 Å². The molecule has 72 valence electrons. The smallest absolute Gasteiger partial charge is 0.248 e. The van der Waals surface area contributed by atoms with Crippen molar-refractivity contribution in [3.63, 3.8) is 0 Å². The molecule has 3 nitrogen and oxygen atoms in total. The lowest BCUT2D eigenvalue weighted by Gasteiger charge is -2.13. The summed E-state index contributed by atoms with van der Waals surface area (Å²) < 4.78 is 0. The van der Waals surface area contributed by atoms with E-state index in [1.165, 1.54) is 0 Å². The summed E-state index contributed by atoms with van der Waals surface area (Å²) in [5, 5.41) is 0. The molecule has 1 aliphatic heterocycles. The van der Waals surface area contributed by atoms with Gasteiger partial charge in [-0.15, -0.1) is 11.6 Å². The molecule has 1 heterocycles. The topological polar surface area (TPSA) is 37.4 Å². The summed E-state index contributed by atoms with van der Waals surface area (Å²) in [6.07, 6.45) is 0.290. The molecule has 0 radical (unpaired) electrons. The fourth-order valence-corrected chi connectivity index (χ4v) is 1.71. The van der Waals surface area contributed by atoms with Gasteiger partial charge in [-0.25, -0.2) is 4.90 Å². The van der Waals surface area contributed by atoms with E-state index in [-0.39, 0.29) is 17.7 Å². The van der Waals surface area contributed by atoms with Gasteiger partial charge in [0.05, 0.1) is 12.1 Å². The van der Waals surface area contributed by atoms with Gasteiger partial charge in [0.25, 0.3) is 0 Å². The van der Waals surface area contributed by atoms with Crippen LogP contribution in [0.25, 0.3) is 0 Å². The van der Waals surface area contributed by atoms with Crippen LogP contribution in [0.3, 0.4) is 0 Å². The van der Waals surface area contributed by atoms with E-state index < -0.39 is 0 Å². The van der Waals surface area contributed by atoms with Crippen LogP contribution in [0.2, 0.25) is 0 Å². The maximum Gasteiger partial charge on any atom is 0.248 e. The van der Waals surface area contributed by atoms with Crippen LogP contribution in [-0.2, 0) is 16.0 Å². The van der Waals surface area contributed by atoms with Gasteiger partial charge in [-0.05, 0) is 11.6 Å². The lowest BCUT2D eigenvalue weighted by Crippen LogP contribution is -2.34. The van der Waals surface area contributed by atoms with Gasteiger partial charge >= 0.3 is 0 Å². The van der Waals surface area contributed by atoms with Crippen molar-refractivity contribution >= 4 is 29.1 Å². The van der Waals surface area contributed by atoms with Gasteiger partial charge in [0, 0.05) is 0 Å². The molecule has 0 saturated carbocycles. The molecule has 0 aromatic heterocycles. The number of rotatable bonds is 1. The molecule has 1 aromatic carbocycles. The predicted octanol–water partition coefficient (Wildman–Crippen LogP) is 1.34. The summed E-state index contributed by atoms with van der Waals surface area (Å²) in [6, 6.07) is 7.24. The van der Waals surface area contributed by atoms with Gasteiger partial charge in [-0.2, -0.15) is 0 Å². The minimum atomic E-state index is -0.360. The summed E-state index contributed by atoms with van der Waals surface area (Å²) in [6.45, 7) is 0. The Kier molecular flexibility index (Phi) is 2.25. The van der Waals surface area contributed by atoms with Gasteiger partial charge in [-0.3, -0.25) is 9.59 Å². The Bertz CT molecular complexity index is 395. The maximum absolute atomic E-state index is 11.5. The third-order valence-electron chi connectivity index (χ3n) is 2.19. The van der Waals surface area contributed by atoms with Gasteiger partial charge in [0.15, 0.2) is 0 Å². The summed E-state index contributed by atoms with van der Waals surface area (Å²) in [5.74, 6) is -0.724. The van der Waals surface area contributed by atoms with Gasteiger partial charge in [-0.1, -0.05) is 18.2 Å². The predicted molar refractivity (Wildman–Crippen MR) is 53.4 cm³/mol. The van der Waals surface area contributed by atoms with E-state index in [0.29, 0.717) is 12.1 Å². The molecule has 0 bridgehead atoms. The normalized spacial score (nSPS) is 14.4. The second kappa shape index (κ2) is 3.42. The molecule has 14 heavy (non-hydrogen) atoms. The average molecular weight is 210 g/mol. The average Bonchev–Trinajstić information content (AvgIpc) is 2.53. The number of nitrogens with zero attached hydrogens (tertiary/aromatic N) is 1. The van der Waals surface area contributed by atoms with Crippen molar-refractivity contribution in [3.05, 3.63) is 29.8 Å². The Hall–Kier alpha value is -1.35. The second-order valence-electron chi connectivity index (χ2n) is 3.06. The number of fused-ring (bicyclic) bond motifs is 1. The highest BCUT2D eigenvalue weighted by Crippen LogP contribution is 2.28. The maximum atomic E-state index is 11.5. The first-order valence-electron chi connectivity index (χ1n) is 4.23. The first kappa shape index (κ1) is 9.21. The van der Waals surface area contributed by atoms with Crippen molar-refractivity contribution in [3.8, 4) is 0 Å². The molecular formula is C10H8ClNO2. The molecule has 0 aliphatic carbocycles. The van der Waals surface area contributed by atoms with Crippen LogP contribution in [0, 0.1) is 0 Å². The summed E-state index contributed by atoms with van der Waals surface area (Å²) in [5.41, 5.74) is 1.55. The van der Waals surface area contributed by atoms with Crippen LogP contribution in [0.1, 0.15) is 5.56 Å². The highest BCUT2D eigenvalue weighted by Gasteiger charge is 2.30. The largest absolute Gasteiger partial charge is 0.274 e. The Balaban J connectivity index is 2.44. The van der Waals surface area contributed by atoms with Crippen LogP contribution in [0.15, 0.2) is 24.3 Å². The van der Waals surface area contributed by atoms with Gasteiger partial charge in [0.2, 0.25) is 11.8 Å². The fraction of sp³-hybridized carbons (Fsp3) is 0.200. The molecule has 1 aliphatic rings. The number of hydrogen-bond acceptors (Lipinski definition) is 2. The molecule has 1 aromatic rings. The Labute approximate surface area is 86.3 Å². The van der Waals surface area contributed by atoms with E-state index in [1.54, 1.807) is 12.1 Å². The SMILES string of the molecule is O=C(CCl)N1C(=O)Cc2ccccc21. The van der Waals surface area contributed by atoms with E-state index in [4.69, 9.17) is 11.6 Å². The van der Waals surface area contributed by atoms with Crippen molar-refractivity contribution < 1.29 is 9.59 Å². The Morgan fingerprint density at radius 2 is 2.14 bits per heavy atom. The number of anilines is 1. The third-order valence-corrected chi connectivity index (χ3v) is 2.42. The zero-order valence-electron chi connectivity index (χ0n) is 7.37. The molecule has 0 saturated heterocycles. The third kappa shape index (κ3) is 1.30. The first-order chi connectivity index (χ1) is 6.74. The minimum Gasteiger partial charge on any atom is -0.274 e.